The SMILES string of the molecule is COc1nc(NCC(C)(C)C#N)nn2cc(F)c(-c3ccc4nc(C)n(CC(F)F)c4c3)c12. The Hall–Kier alpha value is -3.81. The molecule has 0 radical (unpaired) electrons. The molecule has 8 nitrogen and oxygen atoms in total. The lowest BCUT2D eigenvalue weighted by atomic mass is 9.96. The molecule has 0 unspecified atom stereocenters. The molecule has 33 heavy (non-hydrogen) atoms. The number of hydrogen-bond acceptors (Lipinski definition) is 6. The minimum atomic E-state index is -2.55. The van der Waals surface area contributed by atoms with Crippen LogP contribution in [-0.4, -0.2) is 44.2 Å². The normalized spacial score (nSPS) is 12.0. The number of fused-ring (bicyclic) bond motifs is 2. The van der Waals surface area contributed by atoms with Crippen LogP contribution in [0.1, 0.15) is 19.7 Å². The van der Waals surface area contributed by atoms with Crippen LogP contribution in [0.2, 0.25) is 0 Å². The number of hydrogen-bond donors (Lipinski definition) is 1. The zero-order chi connectivity index (χ0) is 23.9. The number of nitrogens with one attached hydrogen (secondary N) is 1. The van der Waals surface area contributed by atoms with Crippen LogP contribution in [0.5, 0.6) is 5.88 Å². The molecule has 0 saturated carbocycles. The Balaban J connectivity index is 1.84. The van der Waals surface area contributed by atoms with Crippen molar-refractivity contribution in [1.29, 1.82) is 5.26 Å². The first-order valence-corrected chi connectivity index (χ1v) is 10.2. The van der Waals surface area contributed by atoms with Crippen molar-refractivity contribution in [3.63, 3.8) is 0 Å². The quantitative estimate of drug-likeness (QED) is 0.441. The number of ether oxygens (including phenoxy) is 1. The highest BCUT2D eigenvalue weighted by Crippen LogP contribution is 2.35. The third-order valence-corrected chi connectivity index (χ3v) is 5.29. The number of halogens is 3. The molecule has 172 valence electrons. The lowest BCUT2D eigenvalue weighted by Crippen LogP contribution is -2.22. The minimum absolute atomic E-state index is 0.124. The van der Waals surface area contributed by atoms with Crippen LogP contribution >= 0.6 is 0 Å². The Kier molecular flexibility index (Phi) is 5.61. The van der Waals surface area contributed by atoms with E-state index in [2.05, 4.69) is 26.5 Å². The van der Waals surface area contributed by atoms with Gasteiger partial charge in [-0.15, -0.1) is 5.10 Å². The summed E-state index contributed by atoms with van der Waals surface area (Å²) in [6, 6.07) is 7.13. The van der Waals surface area contributed by atoms with E-state index in [4.69, 9.17) is 4.74 Å². The maximum absolute atomic E-state index is 15.1. The Morgan fingerprint density at radius 3 is 2.70 bits per heavy atom. The average molecular weight is 457 g/mol. The van der Waals surface area contributed by atoms with Gasteiger partial charge in [-0.3, -0.25) is 0 Å². The number of alkyl halides is 2. The molecule has 1 N–H and O–H groups in total. The summed E-state index contributed by atoms with van der Waals surface area (Å²) in [6.45, 7) is 4.94. The molecular formula is C22H22F3N7O. The number of anilines is 1. The number of nitriles is 1. The summed E-state index contributed by atoms with van der Waals surface area (Å²) >= 11 is 0. The van der Waals surface area contributed by atoms with E-state index in [1.807, 2.05) is 0 Å². The number of nitrogens with zero attached hydrogens (tertiary/aromatic N) is 6. The van der Waals surface area contributed by atoms with Gasteiger partial charge in [0.05, 0.1) is 47.9 Å². The first-order valence-electron chi connectivity index (χ1n) is 10.2. The zero-order valence-corrected chi connectivity index (χ0v) is 18.5. The molecule has 0 bridgehead atoms. The molecule has 0 saturated heterocycles. The monoisotopic (exact) mass is 457 g/mol. The topological polar surface area (TPSA) is 93.1 Å². The molecule has 1 aromatic carbocycles. The summed E-state index contributed by atoms with van der Waals surface area (Å²) in [6.07, 6.45) is -1.36. The molecular weight excluding hydrogens is 435 g/mol. The van der Waals surface area contributed by atoms with Crippen LogP contribution in [0.4, 0.5) is 19.1 Å². The van der Waals surface area contributed by atoms with Crippen LogP contribution in [-0.2, 0) is 6.54 Å². The molecule has 0 aliphatic heterocycles. The number of benzene rings is 1. The van der Waals surface area contributed by atoms with E-state index >= 15 is 4.39 Å². The maximum Gasteiger partial charge on any atom is 0.256 e. The van der Waals surface area contributed by atoms with Crippen molar-refractivity contribution in [2.75, 3.05) is 19.0 Å². The Morgan fingerprint density at radius 2 is 2.03 bits per heavy atom. The van der Waals surface area contributed by atoms with E-state index in [0.717, 1.165) is 0 Å². The Labute approximate surface area is 187 Å². The van der Waals surface area contributed by atoms with Crippen molar-refractivity contribution >= 4 is 22.5 Å². The van der Waals surface area contributed by atoms with Crippen LogP contribution in [0.3, 0.4) is 0 Å². The summed E-state index contributed by atoms with van der Waals surface area (Å²) in [5.74, 6) is 0.165. The van der Waals surface area contributed by atoms with Crippen LogP contribution in [0.25, 0.3) is 27.7 Å². The number of methoxy groups -OCH3 is 1. The Morgan fingerprint density at radius 1 is 1.27 bits per heavy atom. The fourth-order valence-electron chi connectivity index (χ4n) is 3.62. The summed E-state index contributed by atoms with van der Waals surface area (Å²) in [7, 11) is 1.41. The van der Waals surface area contributed by atoms with Crippen LogP contribution in [0.15, 0.2) is 24.4 Å². The van der Waals surface area contributed by atoms with Gasteiger partial charge in [-0.05, 0) is 38.5 Å². The molecule has 0 spiro atoms. The minimum Gasteiger partial charge on any atom is -0.479 e. The van der Waals surface area contributed by atoms with Gasteiger partial charge in [-0.25, -0.2) is 22.7 Å². The predicted molar refractivity (Wildman–Crippen MR) is 117 cm³/mol. The number of rotatable bonds is 7. The van der Waals surface area contributed by atoms with Gasteiger partial charge in [-0.2, -0.15) is 10.2 Å². The predicted octanol–water partition coefficient (Wildman–Crippen LogP) is 4.43. The molecule has 11 heteroatoms. The number of aromatic nitrogens is 5. The summed E-state index contributed by atoms with van der Waals surface area (Å²) < 4.78 is 49.4. The molecule has 0 atom stereocenters. The molecule has 3 aromatic heterocycles. The highest BCUT2D eigenvalue weighted by atomic mass is 19.3. The van der Waals surface area contributed by atoms with Crippen LogP contribution < -0.4 is 10.1 Å². The lowest BCUT2D eigenvalue weighted by Gasteiger charge is -2.16. The number of imidazole rings is 1. The van der Waals surface area contributed by atoms with Gasteiger partial charge in [-0.1, -0.05) is 6.07 Å². The van der Waals surface area contributed by atoms with Crippen molar-refractivity contribution in [1.82, 2.24) is 24.1 Å². The van der Waals surface area contributed by atoms with E-state index in [0.29, 0.717) is 22.4 Å². The van der Waals surface area contributed by atoms with E-state index in [1.54, 1.807) is 39.0 Å². The second-order valence-corrected chi connectivity index (χ2v) is 8.30. The molecule has 0 amide bonds. The van der Waals surface area contributed by atoms with Gasteiger partial charge < -0.3 is 14.6 Å². The van der Waals surface area contributed by atoms with E-state index < -0.39 is 24.2 Å². The molecule has 0 aliphatic rings. The van der Waals surface area contributed by atoms with Gasteiger partial charge in [0.1, 0.15) is 11.3 Å². The van der Waals surface area contributed by atoms with Gasteiger partial charge >= 0.3 is 0 Å². The van der Waals surface area contributed by atoms with Crippen molar-refractivity contribution in [2.45, 2.75) is 33.7 Å². The van der Waals surface area contributed by atoms with Crippen molar-refractivity contribution < 1.29 is 17.9 Å². The highest BCUT2D eigenvalue weighted by molar-refractivity contribution is 5.90. The zero-order valence-electron chi connectivity index (χ0n) is 18.5. The lowest BCUT2D eigenvalue weighted by molar-refractivity contribution is 0.127. The largest absolute Gasteiger partial charge is 0.479 e. The van der Waals surface area contributed by atoms with Gasteiger partial charge in [0.15, 0.2) is 5.82 Å². The van der Waals surface area contributed by atoms with E-state index in [9.17, 15) is 14.0 Å². The fourth-order valence-corrected chi connectivity index (χ4v) is 3.62. The first kappa shape index (κ1) is 22.4. The van der Waals surface area contributed by atoms with E-state index in [-0.39, 0.29) is 29.5 Å². The molecule has 4 rings (SSSR count). The van der Waals surface area contributed by atoms with E-state index in [1.165, 1.54) is 22.4 Å². The van der Waals surface area contributed by atoms with Crippen molar-refractivity contribution in [3.05, 3.63) is 36.0 Å². The maximum atomic E-state index is 15.1. The molecule has 0 fully saturated rings. The van der Waals surface area contributed by atoms with Crippen molar-refractivity contribution in [3.8, 4) is 23.1 Å². The molecule has 4 aromatic rings. The standard InChI is InChI=1S/C22H22F3N7O/c1-12-28-15-6-5-13(7-16(15)31(12)9-17(24)25)18-14(23)8-32-19(18)20(33-4)29-21(30-32)27-11-22(2,3)10-26/h5-8,17H,9,11H2,1-4H3,(H,27,30). The number of aryl methyl sites for hydroxylation is 1. The smallest absolute Gasteiger partial charge is 0.256 e. The molecule has 3 heterocycles. The summed E-state index contributed by atoms with van der Waals surface area (Å²) in [5, 5.41) is 16.5. The molecule has 0 aliphatic carbocycles. The Bertz CT molecular complexity index is 1380. The van der Waals surface area contributed by atoms with Gasteiger partial charge in [0, 0.05) is 6.54 Å². The van der Waals surface area contributed by atoms with Crippen LogP contribution in [0, 0.1) is 29.5 Å². The van der Waals surface area contributed by atoms with Crippen molar-refractivity contribution in [2.24, 2.45) is 5.41 Å². The fraction of sp³-hybridized carbons (Fsp3) is 0.364. The second-order valence-electron chi connectivity index (χ2n) is 8.30. The second kappa shape index (κ2) is 8.27. The highest BCUT2D eigenvalue weighted by Gasteiger charge is 2.23. The average Bonchev–Trinajstić information content (AvgIpc) is 3.26. The van der Waals surface area contributed by atoms with Gasteiger partial charge in [0.25, 0.3) is 6.43 Å². The first-order chi connectivity index (χ1) is 15.6. The summed E-state index contributed by atoms with van der Waals surface area (Å²) in [4.78, 5) is 8.64. The third-order valence-electron chi connectivity index (χ3n) is 5.29. The van der Waals surface area contributed by atoms with Gasteiger partial charge in [0.2, 0.25) is 11.8 Å². The summed E-state index contributed by atoms with van der Waals surface area (Å²) in [5.41, 5.74) is 1.27. The third kappa shape index (κ3) is 4.16.